The Balaban J connectivity index is 1.29. The lowest BCUT2D eigenvalue weighted by molar-refractivity contribution is -0.127. The van der Waals surface area contributed by atoms with E-state index in [4.69, 9.17) is 20.3 Å². The lowest BCUT2D eigenvalue weighted by atomic mass is 9.96. The second-order valence-corrected chi connectivity index (χ2v) is 11.2. The maximum absolute atomic E-state index is 12.6. The Kier molecular flexibility index (Phi) is 9.71. The molecule has 45 heavy (non-hydrogen) atoms. The molecular weight excluding hydrogens is 568 g/mol. The molecule has 1 amide bonds. The molecule has 6 rings (SSSR count). The van der Waals surface area contributed by atoms with E-state index in [9.17, 15) is 4.79 Å². The van der Waals surface area contributed by atoms with Crippen LogP contribution in [0.25, 0.3) is 22.2 Å². The van der Waals surface area contributed by atoms with Gasteiger partial charge in [-0.15, -0.1) is 0 Å². The average molecular weight is 607 g/mol. The Morgan fingerprint density at radius 3 is 2.60 bits per heavy atom. The molecule has 2 aliphatic rings. The third-order valence-electron chi connectivity index (χ3n) is 8.22. The minimum atomic E-state index is 0.00425. The van der Waals surface area contributed by atoms with Crippen molar-refractivity contribution in [3.63, 3.8) is 0 Å². The van der Waals surface area contributed by atoms with Crippen LogP contribution < -0.4 is 15.8 Å². The summed E-state index contributed by atoms with van der Waals surface area (Å²) < 4.78 is 14.0. The number of carbonyl (C=O) groups excluding carboxylic acids is 1. The quantitative estimate of drug-likeness (QED) is 0.147. The number of anilines is 1. The zero-order chi connectivity index (χ0) is 31.0. The summed E-state index contributed by atoms with van der Waals surface area (Å²) in [5.74, 6) is 9.16. The molecule has 10 nitrogen and oxygen atoms in total. The number of ether oxygens (including phenoxy) is 2. The van der Waals surface area contributed by atoms with Gasteiger partial charge < -0.3 is 35.1 Å². The second-order valence-electron chi connectivity index (χ2n) is 11.2. The van der Waals surface area contributed by atoms with Crippen LogP contribution in [-0.4, -0.2) is 76.4 Å². The number of piperidine rings is 1. The number of fused-ring (bicyclic) bond motifs is 1. The van der Waals surface area contributed by atoms with E-state index in [0.29, 0.717) is 45.2 Å². The smallest absolute Gasteiger partial charge is 0.246 e. The maximum Gasteiger partial charge on any atom is 0.246 e. The molecular formula is C35H38N6O4. The number of aromatic nitrogens is 3. The number of nitrogens with one attached hydrogen (secondary N) is 1. The van der Waals surface area contributed by atoms with E-state index < -0.39 is 0 Å². The predicted molar refractivity (Wildman–Crippen MR) is 174 cm³/mol. The van der Waals surface area contributed by atoms with Gasteiger partial charge in [0.2, 0.25) is 5.91 Å². The molecule has 4 heterocycles. The molecule has 0 bridgehead atoms. The van der Waals surface area contributed by atoms with Crippen LogP contribution in [0.3, 0.4) is 0 Å². The molecule has 0 aliphatic carbocycles. The van der Waals surface area contributed by atoms with E-state index in [0.717, 1.165) is 58.6 Å². The Morgan fingerprint density at radius 2 is 1.87 bits per heavy atom. The van der Waals surface area contributed by atoms with E-state index >= 15 is 0 Å². The minimum Gasteiger partial charge on any atom is -0.457 e. The highest BCUT2D eigenvalue weighted by atomic mass is 16.5. The zero-order valence-electron chi connectivity index (χ0n) is 25.2. The van der Waals surface area contributed by atoms with E-state index in [1.54, 1.807) is 12.2 Å². The Labute approximate surface area is 262 Å². The number of hydrogen-bond acceptors (Lipinski definition) is 8. The first-order chi connectivity index (χ1) is 22.1. The minimum absolute atomic E-state index is 0.00425. The molecule has 2 aliphatic heterocycles. The number of carbonyl (C=O) groups is 1. The van der Waals surface area contributed by atoms with Gasteiger partial charge in [-0.2, -0.15) is 0 Å². The number of benzene rings is 2. The molecule has 4 aromatic rings. The summed E-state index contributed by atoms with van der Waals surface area (Å²) in [5, 5.41) is 12.7. The first kappa shape index (κ1) is 30.3. The Morgan fingerprint density at radius 1 is 1.09 bits per heavy atom. The van der Waals surface area contributed by atoms with Crippen molar-refractivity contribution in [1.29, 1.82) is 0 Å². The van der Waals surface area contributed by atoms with Gasteiger partial charge >= 0.3 is 0 Å². The number of nitrogen functional groups attached to an aromatic ring is 1. The molecule has 1 atom stereocenters. The SMILES string of the molecule is Nc1ncnc2c1c(-c1ccc(Oc3ccccc3)cc1)c(C#CC1CCN(C(=O)/C=C/CNCCO)CC1)n2[C@H]1CCOC1. The van der Waals surface area contributed by atoms with Crippen LogP contribution >= 0.6 is 0 Å². The van der Waals surface area contributed by atoms with Crippen molar-refractivity contribution in [1.82, 2.24) is 24.8 Å². The molecule has 0 unspecified atom stereocenters. The fourth-order valence-corrected chi connectivity index (χ4v) is 5.90. The molecule has 0 spiro atoms. The van der Waals surface area contributed by atoms with Crippen LogP contribution in [0.15, 0.2) is 73.1 Å². The lowest BCUT2D eigenvalue weighted by Gasteiger charge is -2.29. The summed E-state index contributed by atoms with van der Waals surface area (Å²) in [7, 11) is 0. The highest BCUT2D eigenvalue weighted by Gasteiger charge is 2.28. The molecule has 10 heteroatoms. The number of hydrogen-bond donors (Lipinski definition) is 3. The summed E-state index contributed by atoms with van der Waals surface area (Å²) in [6, 6.07) is 17.7. The largest absolute Gasteiger partial charge is 0.457 e. The summed E-state index contributed by atoms with van der Waals surface area (Å²) in [6.07, 6.45) is 7.36. The number of likely N-dealkylation sites (tertiary alicyclic amines) is 1. The average Bonchev–Trinajstić information content (AvgIpc) is 3.71. The van der Waals surface area contributed by atoms with Gasteiger partial charge in [-0.1, -0.05) is 42.3 Å². The molecule has 2 aromatic heterocycles. The molecule has 0 saturated carbocycles. The van der Waals surface area contributed by atoms with E-state index in [1.165, 1.54) is 6.33 Å². The number of aliphatic hydroxyl groups is 1. The first-order valence-electron chi connectivity index (χ1n) is 15.5. The molecule has 4 N–H and O–H groups in total. The topological polar surface area (TPSA) is 128 Å². The zero-order valence-corrected chi connectivity index (χ0v) is 25.2. The fourth-order valence-electron chi connectivity index (χ4n) is 5.90. The van der Waals surface area contributed by atoms with Crippen LogP contribution in [-0.2, 0) is 9.53 Å². The number of nitrogens with zero attached hydrogens (tertiary/aromatic N) is 4. The standard InChI is InChI=1S/C35H38N6O4/c36-34-33-32(26-9-11-29(12-10-26)45-28-5-2-1-3-6-28)30(41(27-16-22-44-23-27)35(33)39-24-38-34)13-8-25-14-19-40(20-15-25)31(43)7-4-17-37-18-21-42/h1-7,9-12,24-25,27,37,42H,14-23H2,(H2,36,38,39)/b7-4+/t27-/m0/s1. The van der Waals surface area contributed by atoms with Crippen molar-refractivity contribution in [2.45, 2.75) is 25.3 Å². The van der Waals surface area contributed by atoms with Gasteiger partial charge in [0, 0.05) is 50.3 Å². The molecule has 2 aromatic carbocycles. The Hall–Kier alpha value is -4.69. The van der Waals surface area contributed by atoms with Gasteiger partial charge in [0.15, 0.2) is 0 Å². The monoisotopic (exact) mass is 606 g/mol. The summed E-state index contributed by atoms with van der Waals surface area (Å²) in [4.78, 5) is 23.6. The fraction of sp³-hybridized carbons (Fsp3) is 0.343. The lowest BCUT2D eigenvalue weighted by Crippen LogP contribution is -2.37. The van der Waals surface area contributed by atoms with Gasteiger partial charge in [0.05, 0.1) is 24.6 Å². The normalized spacial score (nSPS) is 17.1. The van der Waals surface area contributed by atoms with Crippen molar-refractivity contribution in [3.05, 3.63) is 78.8 Å². The third-order valence-corrected chi connectivity index (χ3v) is 8.22. The van der Waals surface area contributed by atoms with Crippen molar-refractivity contribution in [3.8, 4) is 34.5 Å². The number of amides is 1. The van der Waals surface area contributed by atoms with Gasteiger partial charge in [-0.25, -0.2) is 9.97 Å². The van der Waals surface area contributed by atoms with E-state index in [-0.39, 0.29) is 24.5 Å². The van der Waals surface area contributed by atoms with Crippen molar-refractivity contribution < 1.29 is 19.4 Å². The number of aliphatic hydroxyl groups excluding tert-OH is 1. The second kappa shape index (κ2) is 14.4. The van der Waals surface area contributed by atoms with Crippen LogP contribution in [0.4, 0.5) is 5.82 Å². The van der Waals surface area contributed by atoms with E-state index in [1.807, 2.05) is 59.5 Å². The molecule has 2 saturated heterocycles. The van der Waals surface area contributed by atoms with Gasteiger partial charge in [-0.3, -0.25) is 4.79 Å². The van der Waals surface area contributed by atoms with Crippen LogP contribution in [0.1, 0.15) is 31.0 Å². The third kappa shape index (κ3) is 7.02. The molecule has 232 valence electrons. The predicted octanol–water partition coefficient (Wildman–Crippen LogP) is 4.16. The summed E-state index contributed by atoms with van der Waals surface area (Å²) >= 11 is 0. The summed E-state index contributed by atoms with van der Waals surface area (Å²) in [5.41, 5.74) is 9.98. The Bertz CT molecular complexity index is 1690. The van der Waals surface area contributed by atoms with Crippen molar-refractivity contribution in [2.24, 2.45) is 5.92 Å². The van der Waals surface area contributed by atoms with Crippen LogP contribution in [0.2, 0.25) is 0 Å². The highest BCUT2D eigenvalue weighted by molar-refractivity contribution is 6.03. The number of para-hydroxylation sites is 1. The van der Waals surface area contributed by atoms with Gasteiger partial charge in [-0.05, 0) is 55.0 Å². The van der Waals surface area contributed by atoms with E-state index in [2.05, 4.69) is 31.7 Å². The highest BCUT2D eigenvalue weighted by Crippen LogP contribution is 2.40. The number of nitrogens with two attached hydrogens (primary N) is 1. The number of rotatable bonds is 9. The van der Waals surface area contributed by atoms with Gasteiger partial charge in [0.25, 0.3) is 0 Å². The van der Waals surface area contributed by atoms with Crippen molar-refractivity contribution >= 4 is 22.8 Å². The first-order valence-corrected chi connectivity index (χ1v) is 15.5. The molecule has 0 radical (unpaired) electrons. The van der Waals surface area contributed by atoms with Crippen LogP contribution in [0.5, 0.6) is 11.5 Å². The van der Waals surface area contributed by atoms with Crippen LogP contribution in [0, 0.1) is 17.8 Å². The summed E-state index contributed by atoms with van der Waals surface area (Å²) in [6.45, 7) is 3.69. The van der Waals surface area contributed by atoms with Gasteiger partial charge in [0.1, 0.15) is 35.0 Å². The maximum atomic E-state index is 12.6. The molecule has 2 fully saturated rings. The van der Waals surface area contributed by atoms with Crippen molar-refractivity contribution in [2.75, 3.05) is 51.7 Å².